The lowest BCUT2D eigenvalue weighted by molar-refractivity contribution is -0.157. The molecule has 3 rings (SSSR count). The minimum Gasteiger partial charge on any atom is -0.490 e. The number of alkyl halides is 3. The number of imidazole rings is 1. The second kappa shape index (κ2) is 7.57. The molecule has 0 radical (unpaired) electrons. The third-order valence-corrected chi connectivity index (χ3v) is 3.70. The predicted octanol–water partition coefficient (Wildman–Crippen LogP) is 3.47. The highest BCUT2D eigenvalue weighted by Gasteiger charge is 2.44. The summed E-state index contributed by atoms with van der Waals surface area (Å²) in [5.41, 5.74) is 0.268. The van der Waals surface area contributed by atoms with E-state index in [4.69, 9.17) is 9.84 Å². The van der Waals surface area contributed by atoms with Crippen LogP contribution in [-0.2, 0) is 0 Å². The standard InChI is InChI=1S/C18H16F3N3O2/c19-18(20,21)16(14-6-3-4-8-22-14)24-10-9-23-17(24)13-5-1-2-7-15(13)26-12-11-25/h1-10,16,25H,11-12H2/t16-/m1/s1. The Labute approximate surface area is 147 Å². The second-order valence-electron chi connectivity index (χ2n) is 5.43. The van der Waals surface area contributed by atoms with E-state index in [2.05, 4.69) is 9.97 Å². The third-order valence-electron chi connectivity index (χ3n) is 3.70. The Morgan fingerprint density at radius 1 is 1.04 bits per heavy atom. The summed E-state index contributed by atoms with van der Waals surface area (Å²) < 4.78 is 47.9. The zero-order valence-corrected chi connectivity index (χ0v) is 13.6. The molecule has 1 N–H and O–H groups in total. The maximum absolute atomic E-state index is 13.8. The molecule has 1 aromatic carbocycles. The number of hydrogen-bond donors (Lipinski definition) is 1. The fraction of sp³-hybridized carbons (Fsp3) is 0.222. The minimum absolute atomic E-state index is 0.0284. The summed E-state index contributed by atoms with van der Waals surface area (Å²) in [5, 5.41) is 8.94. The summed E-state index contributed by atoms with van der Waals surface area (Å²) >= 11 is 0. The zero-order chi connectivity index (χ0) is 18.6. The molecule has 0 spiro atoms. The van der Waals surface area contributed by atoms with Gasteiger partial charge in [-0.1, -0.05) is 18.2 Å². The van der Waals surface area contributed by atoms with E-state index in [1.807, 2.05) is 0 Å². The van der Waals surface area contributed by atoms with E-state index in [0.29, 0.717) is 11.3 Å². The van der Waals surface area contributed by atoms with Crippen molar-refractivity contribution in [2.75, 3.05) is 13.2 Å². The molecule has 8 heteroatoms. The molecule has 0 aliphatic rings. The molecule has 0 aliphatic heterocycles. The lowest BCUT2D eigenvalue weighted by Gasteiger charge is -2.23. The molecule has 0 saturated carbocycles. The molecule has 0 unspecified atom stereocenters. The van der Waals surface area contributed by atoms with Crippen LogP contribution in [0.4, 0.5) is 13.2 Å². The Kier molecular flexibility index (Phi) is 5.22. The fourth-order valence-electron chi connectivity index (χ4n) is 2.67. The number of aromatic nitrogens is 3. The topological polar surface area (TPSA) is 60.2 Å². The molecule has 2 heterocycles. The monoisotopic (exact) mass is 363 g/mol. The van der Waals surface area contributed by atoms with Gasteiger partial charge in [0.25, 0.3) is 0 Å². The third kappa shape index (κ3) is 3.70. The molecule has 2 aromatic heterocycles. The Balaban J connectivity index is 2.10. The Morgan fingerprint density at radius 3 is 2.50 bits per heavy atom. The highest BCUT2D eigenvalue weighted by molar-refractivity contribution is 5.64. The van der Waals surface area contributed by atoms with Gasteiger partial charge in [-0.3, -0.25) is 4.98 Å². The first-order chi connectivity index (χ1) is 12.5. The van der Waals surface area contributed by atoms with E-state index >= 15 is 0 Å². The SMILES string of the molecule is OCCOc1ccccc1-c1nccn1[C@H](c1ccccn1)C(F)(F)F. The van der Waals surface area contributed by atoms with Crippen molar-refractivity contribution in [1.29, 1.82) is 0 Å². The Morgan fingerprint density at radius 2 is 1.81 bits per heavy atom. The Bertz CT molecular complexity index is 850. The molecule has 26 heavy (non-hydrogen) atoms. The quantitative estimate of drug-likeness (QED) is 0.729. The molecule has 0 fully saturated rings. The number of benzene rings is 1. The van der Waals surface area contributed by atoms with Crippen LogP contribution in [0.2, 0.25) is 0 Å². The van der Waals surface area contributed by atoms with Gasteiger partial charge in [-0.15, -0.1) is 0 Å². The van der Waals surface area contributed by atoms with Crippen LogP contribution in [0.3, 0.4) is 0 Å². The number of hydrogen-bond acceptors (Lipinski definition) is 4. The van der Waals surface area contributed by atoms with Crippen molar-refractivity contribution < 1.29 is 23.0 Å². The van der Waals surface area contributed by atoms with Gasteiger partial charge in [0.1, 0.15) is 18.2 Å². The number of aliphatic hydroxyl groups is 1. The number of ether oxygens (including phenoxy) is 1. The van der Waals surface area contributed by atoms with Crippen molar-refractivity contribution in [2.24, 2.45) is 0 Å². The van der Waals surface area contributed by atoms with Crippen LogP contribution in [0.5, 0.6) is 5.75 Å². The van der Waals surface area contributed by atoms with Crippen molar-refractivity contribution in [3.8, 4) is 17.1 Å². The van der Waals surface area contributed by atoms with Crippen LogP contribution < -0.4 is 4.74 Å². The maximum atomic E-state index is 13.8. The first kappa shape index (κ1) is 17.9. The maximum Gasteiger partial charge on any atom is 0.414 e. The van der Waals surface area contributed by atoms with Crippen molar-refractivity contribution >= 4 is 0 Å². The summed E-state index contributed by atoms with van der Waals surface area (Å²) in [4.78, 5) is 7.98. The molecule has 0 aliphatic carbocycles. The van der Waals surface area contributed by atoms with Gasteiger partial charge >= 0.3 is 6.18 Å². The number of aliphatic hydroxyl groups excluding tert-OH is 1. The average Bonchev–Trinajstić information content (AvgIpc) is 3.09. The number of nitrogens with zero attached hydrogens (tertiary/aromatic N) is 3. The van der Waals surface area contributed by atoms with E-state index < -0.39 is 12.2 Å². The van der Waals surface area contributed by atoms with Gasteiger partial charge in [0.15, 0.2) is 6.04 Å². The number of para-hydroxylation sites is 1. The lowest BCUT2D eigenvalue weighted by atomic mass is 10.1. The molecule has 1 atom stereocenters. The summed E-state index contributed by atoms with van der Waals surface area (Å²) in [6.45, 7) is -0.178. The van der Waals surface area contributed by atoms with Gasteiger partial charge in [-0.2, -0.15) is 13.2 Å². The fourth-order valence-corrected chi connectivity index (χ4v) is 2.67. The van der Waals surface area contributed by atoms with Gasteiger partial charge in [-0.05, 0) is 24.3 Å². The lowest BCUT2D eigenvalue weighted by Crippen LogP contribution is -2.28. The summed E-state index contributed by atoms with van der Waals surface area (Å²) in [7, 11) is 0. The first-order valence-electron chi connectivity index (χ1n) is 7.86. The van der Waals surface area contributed by atoms with Crippen molar-refractivity contribution in [1.82, 2.24) is 14.5 Å². The summed E-state index contributed by atoms with van der Waals surface area (Å²) in [6, 6.07) is 9.04. The normalized spacial score (nSPS) is 12.8. The average molecular weight is 363 g/mol. The van der Waals surface area contributed by atoms with Crippen LogP contribution in [-0.4, -0.2) is 39.0 Å². The van der Waals surface area contributed by atoms with Crippen LogP contribution in [0.1, 0.15) is 11.7 Å². The zero-order valence-electron chi connectivity index (χ0n) is 13.6. The van der Waals surface area contributed by atoms with Crippen molar-refractivity contribution in [2.45, 2.75) is 12.2 Å². The second-order valence-corrected chi connectivity index (χ2v) is 5.43. The van der Waals surface area contributed by atoms with Crippen molar-refractivity contribution in [3.05, 3.63) is 66.7 Å². The highest BCUT2D eigenvalue weighted by atomic mass is 19.4. The van der Waals surface area contributed by atoms with Crippen LogP contribution in [0.25, 0.3) is 11.4 Å². The van der Waals surface area contributed by atoms with E-state index in [1.54, 1.807) is 30.3 Å². The van der Waals surface area contributed by atoms with Crippen LogP contribution in [0.15, 0.2) is 61.1 Å². The highest BCUT2D eigenvalue weighted by Crippen LogP contribution is 2.39. The molecule has 3 aromatic rings. The molecular formula is C18H16F3N3O2. The molecule has 0 amide bonds. The first-order valence-corrected chi connectivity index (χ1v) is 7.86. The molecule has 0 bridgehead atoms. The van der Waals surface area contributed by atoms with Crippen LogP contribution >= 0.6 is 0 Å². The van der Waals surface area contributed by atoms with Crippen molar-refractivity contribution in [3.63, 3.8) is 0 Å². The predicted molar refractivity (Wildman–Crippen MR) is 88.7 cm³/mol. The van der Waals surface area contributed by atoms with Gasteiger partial charge < -0.3 is 14.4 Å². The number of rotatable bonds is 6. The molecular weight excluding hydrogens is 347 g/mol. The number of pyridine rings is 1. The van der Waals surface area contributed by atoms with Gasteiger partial charge in [0.05, 0.1) is 17.9 Å². The van der Waals surface area contributed by atoms with E-state index in [9.17, 15) is 13.2 Å². The van der Waals surface area contributed by atoms with E-state index in [1.165, 1.54) is 30.7 Å². The number of halogens is 3. The smallest absolute Gasteiger partial charge is 0.414 e. The largest absolute Gasteiger partial charge is 0.490 e. The molecule has 0 saturated heterocycles. The van der Waals surface area contributed by atoms with Crippen LogP contribution in [0, 0.1) is 0 Å². The van der Waals surface area contributed by atoms with Gasteiger partial charge in [0.2, 0.25) is 0 Å². The van der Waals surface area contributed by atoms with E-state index in [0.717, 1.165) is 4.57 Å². The molecule has 5 nitrogen and oxygen atoms in total. The van der Waals surface area contributed by atoms with E-state index in [-0.39, 0.29) is 24.7 Å². The van der Waals surface area contributed by atoms with Gasteiger partial charge in [0, 0.05) is 18.6 Å². The summed E-state index contributed by atoms with van der Waals surface area (Å²) in [6.07, 6.45) is -0.668. The van der Waals surface area contributed by atoms with Gasteiger partial charge in [-0.25, -0.2) is 4.98 Å². The Hall–Kier alpha value is -2.87. The molecule has 136 valence electrons. The summed E-state index contributed by atoms with van der Waals surface area (Å²) in [5.74, 6) is 0.447. The minimum atomic E-state index is -4.56.